The Bertz CT molecular complexity index is 391. The highest BCUT2D eigenvalue weighted by Crippen LogP contribution is 2.03. The number of hydrogen-bond acceptors (Lipinski definition) is 3. The van der Waals surface area contributed by atoms with E-state index in [1.54, 1.807) is 0 Å². The van der Waals surface area contributed by atoms with Crippen LogP contribution in [0.5, 0.6) is 0 Å². The number of unbranched alkanes of at least 4 members (excludes halogenated alkanes) is 1. The minimum atomic E-state index is -0.553. The zero-order chi connectivity index (χ0) is 9.84. The van der Waals surface area contributed by atoms with E-state index in [9.17, 15) is 9.59 Å². The molecule has 0 aliphatic carbocycles. The highest BCUT2D eigenvalue weighted by Gasteiger charge is 2.04. The summed E-state index contributed by atoms with van der Waals surface area (Å²) in [6.07, 6.45) is 2.48. The predicted molar refractivity (Wildman–Crippen MR) is 50.7 cm³/mol. The Hall–Kier alpha value is -1.52. The lowest BCUT2D eigenvalue weighted by atomic mass is 10.1. The number of H-pyrrole nitrogens is 2. The van der Waals surface area contributed by atoms with Crippen LogP contribution in [0.4, 0.5) is 5.82 Å². The smallest absolute Gasteiger partial charge is 0.327 e. The molecule has 0 radical (unpaired) electrons. The summed E-state index contributed by atoms with van der Waals surface area (Å²) < 4.78 is 0. The molecule has 0 aliphatic heterocycles. The van der Waals surface area contributed by atoms with E-state index in [1.807, 2.05) is 6.92 Å². The molecule has 1 rings (SSSR count). The quantitative estimate of drug-likeness (QED) is 0.615. The third-order valence-electron chi connectivity index (χ3n) is 1.85. The highest BCUT2D eigenvalue weighted by molar-refractivity contribution is 5.36. The van der Waals surface area contributed by atoms with E-state index in [1.165, 1.54) is 0 Å². The Labute approximate surface area is 75.0 Å². The average molecular weight is 183 g/mol. The summed E-state index contributed by atoms with van der Waals surface area (Å²) in [6.45, 7) is 2.02. The molecule has 0 bridgehead atoms. The molecule has 0 saturated carbocycles. The SMILES string of the molecule is CCCCc1c(N)[nH]c(=O)[nH]c1=O. The van der Waals surface area contributed by atoms with Crippen molar-refractivity contribution in [2.24, 2.45) is 0 Å². The van der Waals surface area contributed by atoms with Crippen LogP contribution >= 0.6 is 0 Å². The van der Waals surface area contributed by atoms with Crippen LogP contribution < -0.4 is 17.0 Å². The van der Waals surface area contributed by atoms with E-state index in [0.717, 1.165) is 12.8 Å². The van der Waals surface area contributed by atoms with Crippen molar-refractivity contribution in [1.82, 2.24) is 9.97 Å². The van der Waals surface area contributed by atoms with Gasteiger partial charge in [0.1, 0.15) is 5.82 Å². The second kappa shape index (κ2) is 3.93. The fourth-order valence-electron chi connectivity index (χ4n) is 1.13. The first-order valence-electron chi connectivity index (χ1n) is 4.26. The van der Waals surface area contributed by atoms with Gasteiger partial charge in [-0.1, -0.05) is 13.3 Å². The number of aromatic amines is 2. The number of nitrogen functional groups attached to an aromatic ring is 1. The van der Waals surface area contributed by atoms with Gasteiger partial charge in [0.05, 0.1) is 5.56 Å². The zero-order valence-electron chi connectivity index (χ0n) is 7.52. The van der Waals surface area contributed by atoms with Crippen LogP contribution in [0.2, 0.25) is 0 Å². The summed E-state index contributed by atoms with van der Waals surface area (Å²) in [4.78, 5) is 26.5. The maximum Gasteiger partial charge on any atom is 0.327 e. The fraction of sp³-hybridized carbons (Fsp3) is 0.500. The van der Waals surface area contributed by atoms with Crippen LogP contribution in [-0.4, -0.2) is 9.97 Å². The highest BCUT2D eigenvalue weighted by atomic mass is 16.2. The molecule has 0 aromatic carbocycles. The number of anilines is 1. The molecule has 4 N–H and O–H groups in total. The van der Waals surface area contributed by atoms with Gasteiger partial charge in [0.15, 0.2) is 0 Å². The molecule has 1 heterocycles. The molecular weight excluding hydrogens is 170 g/mol. The minimum absolute atomic E-state index is 0.183. The molecule has 13 heavy (non-hydrogen) atoms. The van der Waals surface area contributed by atoms with Gasteiger partial charge in [-0.15, -0.1) is 0 Å². The molecule has 0 fully saturated rings. The van der Waals surface area contributed by atoms with Crippen molar-refractivity contribution in [3.8, 4) is 0 Å². The third-order valence-corrected chi connectivity index (χ3v) is 1.85. The Morgan fingerprint density at radius 2 is 2.00 bits per heavy atom. The Morgan fingerprint density at radius 3 is 2.54 bits per heavy atom. The number of nitrogens with one attached hydrogen (secondary N) is 2. The van der Waals surface area contributed by atoms with E-state index in [-0.39, 0.29) is 11.4 Å². The van der Waals surface area contributed by atoms with Crippen LogP contribution in [0.3, 0.4) is 0 Å². The van der Waals surface area contributed by atoms with Crippen molar-refractivity contribution in [3.63, 3.8) is 0 Å². The van der Waals surface area contributed by atoms with Gasteiger partial charge in [0, 0.05) is 0 Å². The molecule has 0 saturated heterocycles. The topological polar surface area (TPSA) is 91.7 Å². The van der Waals surface area contributed by atoms with Gasteiger partial charge in [0.25, 0.3) is 5.56 Å². The van der Waals surface area contributed by atoms with Gasteiger partial charge in [-0.05, 0) is 12.8 Å². The standard InChI is InChI=1S/C8H13N3O2/c1-2-3-4-5-6(9)10-8(13)11-7(5)12/h2-4H2,1H3,(H4,9,10,11,12,13). The van der Waals surface area contributed by atoms with Gasteiger partial charge >= 0.3 is 5.69 Å². The first kappa shape index (κ1) is 9.57. The van der Waals surface area contributed by atoms with Crippen molar-refractivity contribution in [2.45, 2.75) is 26.2 Å². The lowest BCUT2D eigenvalue weighted by Gasteiger charge is -2.01. The van der Waals surface area contributed by atoms with Crippen molar-refractivity contribution < 1.29 is 0 Å². The van der Waals surface area contributed by atoms with E-state index in [0.29, 0.717) is 12.0 Å². The number of aromatic nitrogens is 2. The van der Waals surface area contributed by atoms with E-state index >= 15 is 0 Å². The molecule has 5 heteroatoms. The molecule has 72 valence electrons. The largest absolute Gasteiger partial charge is 0.385 e. The van der Waals surface area contributed by atoms with Gasteiger partial charge in [-0.3, -0.25) is 14.8 Å². The number of nitrogens with two attached hydrogens (primary N) is 1. The van der Waals surface area contributed by atoms with Crippen molar-refractivity contribution in [1.29, 1.82) is 0 Å². The van der Waals surface area contributed by atoms with Crippen LogP contribution in [0.15, 0.2) is 9.59 Å². The monoisotopic (exact) mass is 183 g/mol. The van der Waals surface area contributed by atoms with Gasteiger partial charge < -0.3 is 5.73 Å². The summed E-state index contributed by atoms with van der Waals surface area (Å²) in [7, 11) is 0. The summed E-state index contributed by atoms with van der Waals surface area (Å²) >= 11 is 0. The second-order valence-corrected chi connectivity index (χ2v) is 2.90. The van der Waals surface area contributed by atoms with Crippen molar-refractivity contribution in [2.75, 3.05) is 5.73 Å². The lowest BCUT2D eigenvalue weighted by Crippen LogP contribution is -2.27. The van der Waals surface area contributed by atoms with Crippen LogP contribution in [-0.2, 0) is 6.42 Å². The molecule has 1 aromatic heterocycles. The molecule has 0 amide bonds. The van der Waals surface area contributed by atoms with Crippen LogP contribution in [0.25, 0.3) is 0 Å². The predicted octanol–water partition coefficient (Wildman–Crippen LogP) is -0.0120. The summed E-state index contributed by atoms with van der Waals surface area (Å²) in [5.74, 6) is 0.183. The normalized spacial score (nSPS) is 10.2. The zero-order valence-corrected chi connectivity index (χ0v) is 7.52. The van der Waals surface area contributed by atoms with Gasteiger partial charge in [0.2, 0.25) is 0 Å². The minimum Gasteiger partial charge on any atom is -0.385 e. The van der Waals surface area contributed by atoms with Crippen LogP contribution in [0, 0.1) is 0 Å². The maximum absolute atomic E-state index is 11.2. The average Bonchev–Trinajstić information content (AvgIpc) is 2.02. The Balaban J connectivity index is 3.07. The summed E-state index contributed by atoms with van der Waals surface area (Å²) in [6, 6.07) is 0. The first-order valence-corrected chi connectivity index (χ1v) is 4.26. The molecule has 0 aliphatic rings. The van der Waals surface area contributed by atoms with Crippen LogP contribution in [0.1, 0.15) is 25.3 Å². The molecule has 5 nitrogen and oxygen atoms in total. The van der Waals surface area contributed by atoms with E-state index in [4.69, 9.17) is 5.73 Å². The second-order valence-electron chi connectivity index (χ2n) is 2.90. The number of rotatable bonds is 3. The van der Waals surface area contributed by atoms with Crippen molar-refractivity contribution >= 4 is 5.82 Å². The molecule has 0 atom stereocenters. The van der Waals surface area contributed by atoms with Gasteiger partial charge in [-0.25, -0.2) is 4.79 Å². The van der Waals surface area contributed by atoms with Crippen molar-refractivity contribution in [3.05, 3.63) is 26.4 Å². The van der Waals surface area contributed by atoms with Gasteiger partial charge in [-0.2, -0.15) is 0 Å². The molecule has 0 spiro atoms. The first-order chi connectivity index (χ1) is 6.15. The van der Waals surface area contributed by atoms with E-state index < -0.39 is 5.69 Å². The van der Waals surface area contributed by atoms with E-state index in [2.05, 4.69) is 9.97 Å². The lowest BCUT2D eigenvalue weighted by molar-refractivity contribution is 0.781. The Morgan fingerprint density at radius 1 is 1.31 bits per heavy atom. The third kappa shape index (κ3) is 2.21. The maximum atomic E-state index is 11.2. The Kier molecular flexibility index (Phi) is 2.89. The summed E-state index contributed by atoms with van der Waals surface area (Å²) in [5, 5.41) is 0. The molecule has 0 unspecified atom stereocenters. The fourth-order valence-corrected chi connectivity index (χ4v) is 1.13. The molecular formula is C8H13N3O2. The number of hydrogen-bond donors (Lipinski definition) is 3. The summed E-state index contributed by atoms with van der Waals surface area (Å²) in [5.41, 5.74) is 5.03. The molecule has 1 aromatic rings.